The van der Waals surface area contributed by atoms with Crippen LogP contribution in [0.5, 0.6) is 0 Å². The van der Waals surface area contributed by atoms with Gasteiger partial charge in [0.1, 0.15) is 18.7 Å². The van der Waals surface area contributed by atoms with Crippen LogP contribution < -0.4 is 0 Å². The highest BCUT2D eigenvalue weighted by atomic mass is 16.5. The number of fused-ring (bicyclic) bond motifs is 5. The molecule has 4 saturated carbocycles. The number of carbonyl (C=O) groups excluding carboxylic acids is 1. The quantitative estimate of drug-likeness (QED) is 0.618. The Labute approximate surface area is 172 Å². The van der Waals surface area contributed by atoms with Crippen molar-refractivity contribution >= 4 is 6.29 Å². The Morgan fingerprint density at radius 1 is 1.10 bits per heavy atom. The molecule has 0 aromatic rings. The molecule has 0 radical (unpaired) electrons. The Kier molecular flexibility index (Phi) is 4.21. The minimum Gasteiger partial charge on any atom is -0.490 e. The first-order chi connectivity index (χ1) is 13.7. The van der Waals surface area contributed by atoms with E-state index in [0.717, 1.165) is 32.0 Å². The molecule has 3 N–H and O–H groups in total. The van der Waals surface area contributed by atoms with Crippen LogP contribution in [0.2, 0.25) is 0 Å². The summed E-state index contributed by atoms with van der Waals surface area (Å²) in [7, 11) is 0. The molecule has 5 nitrogen and oxygen atoms in total. The normalized spacial score (nSPS) is 54.1. The Hall–Kier alpha value is -1.17. The van der Waals surface area contributed by atoms with E-state index in [2.05, 4.69) is 13.5 Å². The first-order valence-corrected chi connectivity index (χ1v) is 11.3. The molecule has 29 heavy (non-hydrogen) atoms. The molecule has 160 valence electrons. The van der Waals surface area contributed by atoms with Crippen LogP contribution in [-0.2, 0) is 9.53 Å². The molecule has 5 rings (SSSR count). The smallest absolute Gasteiger partial charge is 0.129 e. The molecule has 5 unspecified atom stereocenters. The Bertz CT molecular complexity index is 775. The molecular formula is C24H34O5. The molecule has 1 aliphatic heterocycles. The molecule has 0 bridgehead atoms. The molecule has 8 atom stereocenters. The summed E-state index contributed by atoms with van der Waals surface area (Å²) in [6.07, 6.45) is 8.37. The third-order valence-corrected chi connectivity index (χ3v) is 9.94. The zero-order chi connectivity index (χ0) is 20.7. The molecule has 5 heteroatoms. The number of hydrogen-bond donors (Lipinski definition) is 3. The number of rotatable bonds is 2. The van der Waals surface area contributed by atoms with Crippen molar-refractivity contribution in [2.24, 2.45) is 28.6 Å². The largest absolute Gasteiger partial charge is 0.490 e. The van der Waals surface area contributed by atoms with Crippen molar-refractivity contribution in [3.8, 4) is 0 Å². The molecule has 0 aromatic carbocycles. The lowest BCUT2D eigenvalue weighted by molar-refractivity contribution is -0.248. The summed E-state index contributed by atoms with van der Waals surface area (Å²) in [5.41, 5.74) is -1.82. The number of aliphatic hydroxyl groups excluding tert-OH is 1. The summed E-state index contributed by atoms with van der Waals surface area (Å²) in [6, 6.07) is 0. The van der Waals surface area contributed by atoms with Crippen LogP contribution in [0.25, 0.3) is 0 Å². The molecule has 1 heterocycles. The maximum Gasteiger partial charge on any atom is 0.129 e. The fourth-order valence-electron chi connectivity index (χ4n) is 8.41. The van der Waals surface area contributed by atoms with E-state index in [9.17, 15) is 20.1 Å². The lowest BCUT2D eigenvalue weighted by Crippen LogP contribution is -2.68. The van der Waals surface area contributed by atoms with Gasteiger partial charge in [-0.25, -0.2) is 0 Å². The highest BCUT2D eigenvalue weighted by Gasteiger charge is 2.71. The lowest BCUT2D eigenvalue weighted by atomic mass is 9.41. The molecule has 0 spiro atoms. The Balaban J connectivity index is 1.52. The second kappa shape index (κ2) is 6.18. The van der Waals surface area contributed by atoms with Gasteiger partial charge in [-0.3, -0.25) is 0 Å². The van der Waals surface area contributed by atoms with Gasteiger partial charge in [0.05, 0.1) is 22.7 Å². The van der Waals surface area contributed by atoms with Gasteiger partial charge in [0.25, 0.3) is 0 Å². The van der Waals surface area contributed by atoms with Crippen LogP contribution in [-0.4, -0.2) is 45.5 Å². The number of aliphatic hydroxyl groups is 3. The first-order valence-electron chi connectivity index (χ1n) is 11.3. The Morgan fingerprint density at radius 3 is 2.55 bits per heavy atom. The molecule has 0 amide bonds. The zero-order valence-electron chi connectivity index (χ0n) is 17.4. The second-order valence-electron chi connectivity index (χ2n) is 10.8. The van der Waals surface area contributed by atoms with E-state index in [4.69, 9.17) is 4.74 Å². The van der Waals surface area contributed by atoms with Crippen LogP contribution >= 0.6 is 0 Å². The zero-order valence-corrected chi connectivity index (χ0v) is 17.4. The van der Waals surface area contributed by atoms with Gasteiger partial charge in [-0.15, -0.1) is 0 Å². The highest BCUT2D eigenvalue weighted by molar-refractivity contribution is 5.64. The van der Waals surface area contributed by atoms with Gasteiger partial charge < -0.3 is 24.9 Å². The van der Waals surface area contributed by atoms with E-state index in [1.54, 1.807) is 0 Å². The number of aldehydes is 1. The van der Waals surface area contributed by atoms with Gasteiger partial charge in [0, 0.05) is 11.8 Å². The molecule has 4 aliphatic carbocycles. The highest BCUT2D eigenvalue weighted by Crippen LogP contribution is 2.70. The summed E-state index contributed by atoms with van der Waals surface area (Å²) in [5.74, 6) is 0.968. The van der Waals surface area contributed by atoms with Crippen LogP contribution in [0, 0.1) is 28.6 Å². The van der Waals surface area contributed by atoms with Gasteiger partial charge in [-0.2, -0.15) is 0 Å². The third-order valence-electron chi connectivity index (χ3n) is 9.94. The lowest BCUT2D eigenvalue weighted by Gasteiger charge is -2.65. The molecule has 4 fully saturated rings. The topological polar surface area (TPSA) is 87.0 Å². The summed E-state index contributed by atoms with van der Waals surface area (Å²) < 4.78 is 5.60. The summed E-state index contributed by atoms with van der Waals surface area (Å²) in [6.45, 7) is 6.71. The van der Waals surface area contributed by atoms with Crippen LogP contribution in [0.1, 0.15) is 64.7 Å². The second-order valence-corrected chi connectivity index (χ2v) is 10.8. The van der Waals surface area contributed by atoms with Gasteiger partial charge in [0.2, 0.25) is 0 Å². The molecule has 0 aromatic heterocycles. The van der Waals surface area contributed by atoms with Crippen molar-refractivity contribution in [2.45, 2.75) is 82.0 Å². The van der Waals surface area contributed by atoms with E-state index in [0.29, 0.717) is 38.0 Å². The minimum absolute atomic E-state index is 0.0121. The molecule has 0 saturated heterocycles. The number of hydrogen-bond acceptors (Lipinski definition) is 5. The average Bonchev–Trinajstić information content (AvgIpc) is 3.21. The predicted molar refractivity (Wildman–Crippen MR) is 108 cm³/mol. The van der Waals surface area contributed by atoms with E-state index >= 15 is 0 Å². The number of allylic oxidation sites excluding steroid dienone is 1. The minimum atomic E-state index is -1.14. The van der Waals surface area contributed by atoms with Crippen LogP contribution in [0.3, 0.4) is 0 Å². The average molecular weight is 403 g/mol. The van der Waals surface area contributed by atoms with Gasteiger partial charge in [-0.1, -0.05) is 13.5 Å². The number of carbonyl (C=O) groups is 1. The standard InChI is InChI=1S/C24H34O5/c1-15-11-16(13-29-15)18-6-10-24(28)20-5-9-23(27)12-17(26)3-8-22(23,14-25)19(20)4-7-21(18,24)2/h11,14,17-20,26-28H,1,3-10,12-13H2,2H3/t17-,18?,19+,20-,21?,22?,23?,24?/m1/s1. The SMILES string of the molecule is C=C1C=C(C2CCC3(O)[C@@H]4CCC5(O)C[C@H](O)CCC5(C=O)[C@H]4CCC23C)CO1. The first kappa shape index (κ1) is 19.8. The third kappa shape index (κ3) is 2.35. The predicted octanol–water partition coefficient (Wildman–Crippen LogP) is 2.89. The molecular weight excluding hydrogens is 368 g/mol. The maximum absolute atomic E-state index is 12.5. The Morgan fingerprint density at radius 2 is 1.86 bits per heavy atom. The number of ether oxygens (including phenoxy) is 1. The van der Waals surface area contributed by atoms with Crippen LogP contribution in [0.4, 0.5) is 0 Å². The van der Waals surface area contributed by atoms with Crippen LogP contribution in [0.15, 0.2) is 24.0 Å². The van der Waals surface area contributed by atoms with Crippen molar-refractivity contribution in [1.82, 2.24) is 0 Å². The summed E-state index contributed by atoms with van der Waals surface area (Å²) in [5, 5.41) is 33.8. The van der Waals surface area contributed by atoms with E-state index in [-0.39, 0.29) is 29.6 Å². The van der Waals surface area contributed by atoms with Crippen molar-refractivity contribution in [3.63, 3.8) is 0 Å². The van der Waals surface area contributed by atoms with Crippen molar-refractivity contribution in [3.05, 3.63) is 24.0 Å². The van der Waals surface area contributed by atoms with Crippen molar-refractivity contribution < 1.29 is 24.9 Å². The molecule has 5 aliphatic rings. The van der Waals surface area contributed by atoms with E-state index in [1.807, 2.05) is 6.08 Å². The van der Waals surface area contributed by atoms with E-state index < -0.39 is 22.7 Å². The van der Waals surface area contributed by atoms with Gasteiger partial charge >= 0.3 is 0 Å². The summed E-state index contributed by atoms with van der Waals surface area (Å²) >= 11 is 0. The van der Waals surface area contributed by atoms with Crippen molar-refractivity contribution in [1.29, 1.82) is 0 Å². The fraction of sp³-hybridized carbons (Fsp3) is 0.792. The van der Waals surface area contributed by atoms with Gasteiger partial charge in [0.15, 0.2) is 0 Å². The van der Waals surface area contributed by atoms with E-state index in [1.165, 1.54) is 5.57 Å². The maximum atomic E-state index is 12.5. The van der Waals surface area contributed by atoms with Crippen molar-refractivity contribution in [2.75, 3.05) is 6.61 Å². The fourth-order valence-corrected chi connectivity index (χ4v) is 8.41. The summed E-state index contributed by atoms with van der Waals surface area (Å²) in [4.78, 5) is 12.5. The van der Waals surface area contributed by atoms with Gasteiger partial charge in [-0.05, 0) is 80.8 Å². The monoisotopic (exact) mass is 402 g/mol.